The molecule has 94 valence electrons. The van der Waals surface area contributed by atoms with Gasteiger partial charge in [-0.15, -0.1) is 12.3 Å². The first-order valence-electron chi connectivity index (χ1n) is 6.71. The molecule has 0 spiro atoms. The van der Waals surface area contributed by atoms with Crippen LogP contribution >= 0.6 is 0 Å². The Kier molecular flexibility index (Phi) is 2.74. The minimum absolute atomic E-state index is 0.0554. The Bertz CT molecular complexity index is 430. The van der Waals surface area contributed by atoms with Gasteiger partial charge in [-0.25, -0.2) is 0 Å². The first-order valence-corrected chi connectivity index (χ1v) is 6.71. The molecule has 3 heteroatoms. The van der Waals surface area contributed by atoms with E-state index < -0.39 is 0 Å². The maximum absolute atomic E-state index is 12.3. The van der Waals surface area contributed by atoms with Gasteiger partial charge >= 0.3 is 0 Å². The Hall–Kier alpha value is -1.56. The van der Waals surface area contributed by atoms with Gasteiger partial charge in [0.1, 0.15) is 0 Å². The number of hydrogen-bond donors (Lipinski definition) is 0. The number of allylic oxidation sites excluding steroid dienone is 2. The van der Waals surface area contributed by atoms with Crippen molar-refractivity contribution in [2.45, 2.75) is 25.7 Å². The molecule has 0 aromatic heterocycles. The average Bonchev–Trinajstić information content (AvgIpc) is 3.02. The van der Waals surface area contributed by atoms with Crippen LogP contribution in [0.1, 0.15) is 25.7 Å². The van der Waals surface area contributed by atoms with Crippen molar-refractivity contribution in [3.05, 3.63) is 12.2 Å². The zero-order valence-electron chi connectivity index (χ0n) is 10.3. The largest absolute Gasteiger partial charge is 0.282 e. The van der Waals surface area contributed by atoms with Crippen molar-refractivity contribution in [1.29, 1.82) is 0 Å². The van der Waals surface area contributed by atoms with E-state index >= 15 is 0 Å². The highest BCUT2D eigenvalue weighted by Crippen LogP contribution is 2.52. The van der Waals surface area contributed by atoms with Gasteiger partial charge in [0, 0.05) is 13.0 Å². The number of carbonyl (C=O) groups excluding carboxylic acids is 2. The molecule has 0 N–H and O–H groups in total. The van der Waals surface area contributed by atoms with E-state index in [0.29, 0.717) is 18.4 Å². The molecule has 1 heterocycles. The molecule has 3 aliphatic rings. The summed E-state index contributed by atoms with van der Waals surface area (Å²) in [4.78, 5) is 26.0. The number of nitrogens with zero attached hydrogens (tertiary/aromatic N) is 1. The Morgan fingerprint density at radius 3 is 2.33 bits per heavy atom. The number of hydrogen-bond acceptors (Lipinski definition) is 2. The lowest BCUT2D eigenvalue weighted by atomic mass is 9.85. The summed E-state index contributed by atoms with van der Waals surface area (Å²) in [5.41, 5.74) is 0. The highest BCUT2D eigenvalue weighted by atomic mass is 16.2. The minimum atomic E-state index is -0.0554. The van der Waals surface area contributed by atoms with Crippen LogP contribution in [-0.2, 0) is 9.59 Å². The standard InChI is InChI=1S/C15H17NO2/c1-2-3-4-5-8-16-14(17)12-10-6-7-11(9-10)13(12)15(16)18/h1,6-7,10-13H,3-5,8-9H2. The number of unbranched alkanes of at least 4 members (excludes halogenated alkanes) is 2. The van der Waals surface area contributed by atoms with Gasteiger partial charge in [0.15, 0.2) is 0 Å². The third kappa shape index (κ3) is 1.52. The Morgan fingerprint density at radius 2 is 1.78 bits per heavy atom. The topological polar surface area (TPSA) is 37.4 Å². The van der Waals surface area contributed by atoms with E-state index in [9.17, 15) is 9.59 Å². The minimum Gasteiger partial charge on any atom is -0.282 e. The van der Waals surface area contributed by atoms with E-state index in [-0.39, 0.29) is 23.7 Å². The molecule has 2 amide bonds. The molecule has 4 unspecified atom stereocenters. The van der Waals surface area contributed by atoms with Gasteiger partial charge < -0.3 is 0 Å². The molecule has 2 fully saturated rings. The molecule has 1 saturated heterocycles. The Labute approximate surface area is 107 Å². The summed E-state index contributed by atoms with van der Waals surface area (Å²) in [7, 11) is 0. The maximum atomic E-state index is 12.3. The Balaban J connectivity index is 1.67. The molecule has 1 saturated carbocycles. The van der Waals surface area contributed by atoms with Crippen LogP contribution in [0.25, 0.3) is 0 Å². The number of fused-ring (bicyclic) bond motifs is 5. The van der Waals surface area contributed by atoms with Crippen LogP contribution < -0.4 is 0 Å². The van der Waals surface area contributed by atoms with Crippen LogP contribution in [-0.4, -0.2) is 23.3 Å². The molecule has 0 aromatic carbocycles. The average molecular weight is 243 g/mol. The van der Waals surface area contributed by atoms with Gasteiger partial charge in [0.25, 0.3) is 0 Å². The van der Waals surface area contributed by atoms with Crippen molar-refractivity contribution in [3.8, 4) is 12.3 Å². The summed E-state index contributed by atoms with van der Waals surface area (Å²) in [5, 5.41) is 0. The summed E-state index contributed by atoms with van der Waals surface area (Å²) in [5.74, 6) is 3.21. The monoisotopic (exact) mass is 243 g/mol. The molecular formula is C15H17NO2. The van der Waals surface area contributed by atoms with Crippen molar-refractivity contribution in [2.24, 2.45) is 23.7 Å². The van der Waals surface area contributed by atoms with Gasteiger partial charge in [-0.1, -0.05) is 12.2 Å². The van der Waals surface area contributed by atoms with E-state index in [1.54, 1.807) is 0 Å². The van der Waals surface area contributed by atoms with Crippen LogP contribution in [0, 0.1) is 36.0 Å². The molecule has 4 atom stereocenters. The third-order valence-corrected chi connectivity index (χ3v) is 4.51. The van der Waals surface area contributed by atoms with Crippen molar-refractivity contribution < 1.29 is 9.59 Å². The van der Waals surface area contributed by atoms with Crippen LogP contribution in [0.5, 0.6) is 0 Å². The van der Waals surface area contributed by atoms with Crippen LogP contribution in [0.2, 0.25) is 0 Å². The number of likely N-dealkylation sites (tertiary alicyclic amines) is 1. The van der Waals surface area contributed by atoms with Crippen molar-refractivity contribution >= 4 is 11.8 Å². The molecular weight excluding hydrogens is 226 g/mol. The zero-order valence-corrected chi connectivity index (χ0v) is 10.3. The molecule has 0 radical (unpaired) electrons. The molecule has 3 rings (SSSR count). The number of terminal acetylenes is 1. The number of rotatable bonds is 4. The van der Waals surface area contributed by atoms with Crippen LogP contribution in [0.15, 0.2) is 12.2 Å². The first-order chi connectivity index (χ1) is 8.74. The predicted octanol–water partition coefficient (Wildman–Crippen LogP) is 1.60. The number of amides is 2. The second kappa shape index (κ2) is 4.28. The van der Waals surface area contributed by atoms with Crippen LogP contribution in [0.4, 0.5) is 0 Å². The molecule has 2 bridgehead atoms. The van der Waals surface area contributed by atoms with Gasteiger partial charge in [0.2, 0.25) is 11.8 Å². The first kappa shape index (κ1) is 11.5. The van der Waals surface area contributed by atoms with Crippen molar-refractivity contribution in [2.75, 3.05) is 6.54 Å². The third-order valence-electron chi connectivity index (χ3n) is 4.51. The summed E-state index contributed by atoms with van der Waals surface area (Å²) < 4.78 is 0. The summed E-state index contributed by atoms with van der Waals surface area (Å²) in [6.07, 6.45) is 12.9. The van der Waals surface area contributed by atoms with Crippen molar-refractivity contribution in [3.63, 3.8) is 0 Å². The van der Waals surface area contributed by atoms with Crippen LogP contribution in [0.3, 0.4) is 0 Å². The fourth-order valence-electron chi connectivity index (χ4n) is 3.68. The van der Waals surface area contributed by atoms with E-state index in [1.807, 2.05) is 0 Å². The maximum Gasteiger partial charge on any atom is 0.233 e. The van der Waals surface area contributed by atoms with Gasteiger partial charge in [0.05, 0.1) is 11.8 Å². The molecule has 3 nitrogen and oxygen atoms in total. The van der Waals surface area contributed by atoms with Gasteiger partial charge in [-0.05, 0) is 31.1 Å². The zero-order chi connectivity index (χ0) is 12.7. The molecule has 2 aliphatic carbocycles. The van der Waals surface area contributed by atoms with Crippen molar-refractivity contribution in [1.82, 2.24) is 4.90 Å². The van der Waals surface area contributed by atoms with Gasteiger partial charge in [-0.3, -0.25) is 14.5 Å². The highest BCUT2D eigenvalue weighted by molar-refractivity contribution is 6.06. The highest BCUT2D eigenvalue weighted by Gasteiger charge is 2.58. The second-order valence-corrected chi connectivity index (χ2v) is 5.49. The fraction of sp³-hybridized carbons (Fsp3) is 0.600. The summed E-state index contributed by atoms with van der Waals surface area (Å²) >= 11 is 0. The summed E-state index contributed by atoms with van der Waals surface area (Å²) in [6.45, 7) is 0.547. The second-order valence-electron chi connectivity index (χ2n) is 5.49. The lowest BCUT2D eigenvalue weighted by Gasteiger charge is -2.16. The SMILES string of the molecule is C#CCCCCN1C(=O)C2C3C=CC(C3)C2C1=O. The predicted molar refractivity (Wildman–Crippen MR) is 67.1 cm³/mol. The van der Waals surface area contributed by atoms with E-state index in [1.165, 1.54) is 4.90 Å². The molecule has 1 aliphatic heterocycles. The van der Waals surface area contributed by atoms with Gasteiger partial charge in [-0.2, -0.15) is 0 Å². The quantitative estimate of drug-likeness (QED) is 0.325. The molecule has 0 aromatic rings. The van der Waals surface area contributed by atoms with E-state index in [4.69, 9.17) is 6.42 Å². The van der Waals surface area contributed by atoms with E-state index in [2.05, 4.69) is 18.1 Å². The fourth-order valence-corrected chi connectivity index (χ4v) is 3.68. The lowest BCUT2D eigenvalue weighted by molar-refractivity contribution is -0.140. The smallest absolute Gasteiger partial charge is 0.233 e. The number of carbonyl (C=O) groups is 2. The van der Waals surface area contributed by atoms with E-state index in [0.717, 1.165) is 25.7 Å². The number of imide groups is 1. The normalized spacial score (nSPS) is 36.3. The molecule has 18 heavy (non-hydrogen) atoms. The Morgan fingerprint density at radius 1 is 1.17 bits per heavy atom. The summed E-state index contributed by atoms with van der Waals surface area (Å²) in [6, 6.07) is 0. The lowest BCUT2D eigenvalue weighted by Crippen LogP contribution is -2.33.